The standard InChI is InChI=1S/C26H16F7OP/c1-13-2-4-14(5-3-13)15-6-7-18(19(27)8-15)16-9-20(28)24(23(35)10-16)26(32,33)34-17-11-21(29)25(31)22(30)12-17/h2-12H,35H2,1H3. The van der Waals surface area contributed by atoms with E-state index in [9.17, 15) is 30.7 Å². The second kappa shape index (κ2) is 9.34. The number of hydrogen-bond acceptors (Lipinski definition) is 1. The molecule has 0 amide bonds. The first-order valence-corrected chi connectivity index (χ1v) is 10.7. The van der Waals surface area contributed by atoms with Crippen molar-refractivity contribution in [2.24, 2.45) is 0 Å². The van der Waals surface area contributed by atoms with Gasteiger partial charge in [0.1, 0.15) is 22.9 Å². The van der Waals surface area contributed by atoms with Crippen LogP contribution in [-0.4, -0.2) is 0 Å². The van der Waals surface area contributed by atoms with E-state index in [0.29, 0.717) is 11.6 Å². The molecule has 0 aliphatic heterocycles. The lowest BCUT2D eigenvalue weighted by Gasteiger charge is -2.21. The van der Waals surface area contributed by atoms with Crippen LogP contribution in [0, 0.1) is 36.0 Å². The highest BCUT2D eigenvalue weighted by Crippen LogP contribution is 2.36. The van der Waals surface area contributed by atoms with E-state index < -0.39 is 46.5 Å². The Morgan fingerprint density at radius 2 is 1.23 bits per heavy atom. The molecule has 1 atom stereocenters. The second-order valence-electron chi connectivity index (χ2n) is 7.80. The van der Waals surface area contributed by atoms with Crippen molar-refractivity contribution >= 4 is 14.5 Å². The molecule has 0 aliphatic rings. The molecule has 180 valence electrons. The van der Waals surface area contributed by atoms with Crippen LogP contribution in [0.2, 0.25) is 0 Å². The van der Waals surface area contributed by atoms with E-state index in [1.165, 1.54) is 12.1 Å². The lowest BCUT2D eigenvalue weighted by molar-refractivity contribution is -0.186. The second-order valence-corrected chi connectivity index (χ2v) is 8.42. The highest BCUT2D eigenvalue weighted by Gasteiger charge is 2.40. The Morgan fingerprint density at radius 3 is 1.80 bits per heavy atom. The lowest BCUT2D eigenvalue weighted by Crippen LogP contribution is -2.29. The highest BCUT2D eigenvalue weighted by molar-refractivity contribution is 7.27. The van der Waals surface area contributed by atoms with Crippen LogP contribution in [0.5, 0.6) is 5.75 Å². The number of aryl methyl sites for hydroxylation is 1. The zero-order valence-electron chi connectivity index (χ0n) is 18.0. The first-order chi connectivity index (χ1) is 16.5. The maximum atomic E-state index is 14.9. The summed E-state index contributed by atoms with van der Waals surface area (Å²) in [6.45, 7) is 1.91. The molecule has 0 bridgehead atoms. The molecular formula is C26H16F7OP. The Labute approximate surface area is 198 Å². The van der Waals surface area contributed by atoms with Crippen molar-refractivity contribution in [1.29, 1.82) is 0 Å². The minimum atomic E-state index is -4.38. The van der Waals surface area contributed by atoms with Crippen LogP contribution in [0.15, 0.2) is 66.7 Å². The Bertz CT molecular complexity index is 1370. The van der Waals surface area contributed by atoms with Crippen molar-refractivity contribution in [2.45, 2.75) is 13.0 Å². The normalized spacial score (nSPS) is 11.6. The Kier molecular flexibility index (Phi) is 6.60. The van der Waals surface area contributed by atoms with E-state index in [4.69, 9.17) is 0 Å². The van der Waals surface area contributed by atoms with Gasteiger partial charge in [0, 0.05) is 17.7 Å². The maximum absolute atomic E-state index is 14.9. The van der Waals surface area contributed by atoms with Crippen LogP contribution in [-0.2, 0) is 6.11 Å². The Balaban J connectivity index is 1.67. The molecule has 9 heteroatoms. The summed E-state index contributed by atoms with van der Waals surface area (Å²) in [7, 11) is 1.90. The molecule has 0 heterocycles. The number of benzene rings is 4. The first kappa shape index (κ1) is 24.7. The van der Waals surface area contributed by atoms with Crippen molar-refractivity contribution in [1.82, 2.24) is 0 Å². The van der Waals surface area contributed by atoms with Crippen LogP contribution >= 0.6 is 9.24 Å². The molecule has 35 heavy (non-hydrogen) atoms. The van der Waals surface area contributed by atoms with Crippen molar-refractivity contribution in [2.75, 3.05) is 0 Å². The van der Waals surface area contributed by atoms with Gasteiger partial charge in [0.25, 0.3) is 0 Å². The van der Waals surface area contributed by atoms with Gasteiger partial charge in [0.15, 0.2) is 17.5 Å². The number of halogens is 7. The molecule has 0 radical (unpaired) electrons. The van der Waals surface area contributed by atoms with E-state index in [1.807, 2.05) is 40.4 Å². The van der Waals surface area contributed by atoms with Gasteiger partial charge >= 0.3 is 6.11 Å². The molecular weight excluding hydrogens is 492 g/mol. The molecule has 1 unspecified atom stereocenters. The number of alkyl halides is 2. The number of hydrogen-bond donors (Lipinski definition) is 0. The Hall–Kier alpha value is -3.38. The molecule has 4 rings (SSSR count). The molecule has 0 saturated carbocycles. The fourth-order valence-electron chi connectivity index (χ4n) is 3.56. The zero-order valence-corrected chi connectivity index (χ0v) is 19.1. The van der Waals surface area contributed by atoms with Crippen molar-refractivity contribution < 1.29 is 35.5 Å². The lowest BCUT2D eigenvalue weighted by atomic mass is 9.98. The van der Waals surface area contributed by atoms with Crippen LogP contribution in [0.25, 0.3) is 22.3 Å². The molecule has 0 N–H and O–H groups in total. The average molecular weight is 508 g/mol. The molecule has 0 aromatic heterocycles. The molecule has 4 aromatic carbocycles. The summed E-state index contributed by atoms with van der Waals surface area (Å²) in [6.07, 6.45) is -4.38. The first-order valence-electron chi connectivity index (χ1n) is 10.1. The summed E-state index contributed by atoms with van der Waals surface area (Å²) >= 11 is 0. The van der Waals surface area contributed by atoms with Gasteiger partial charge in [0.05, 0.1) is 0 Å². The minimum Gasteiger partial charge on any atom is -0.429 e. The van der Waals surface area contributed by atoms with Crippen molar-refractivity contribution in [3.63, 3.8) is 0 Å². The monoisotopic (exact) mass is 508 g/mol. The van der Waals surface area contributed by atoms with Crippen LogP contribution in [0.3, 0.4) is 0 Å². The van der Waals surface area contributed by atoms with Gasteiger partial charge in [-0.15, -0.1) is 9.24 Å². The fourth-order valence-corrected chi connectivity index (χ4v) is 4.04. The zero-order chi connectivity index (χ0) is 25.5. The van der Waals surface area contributed by atoms with E-state index in [0.717, 1.165) is 17.2 Å². The molecule has 4 aromatic rings. The van der Waals surface area contributed by atoms with Gasteiger partial charge in [0.2, 0.25) is 0 Å². The van der Waals surface area contributed by atoms with Crippen molar-refractivity contribution in [3.8, 4) is 28.0 Å². The molecule has 0 spiro atoms. The van der Waals surface area contributed by atoms with Gasteiger partial charge in [-0.1, -0.05) is 42.0 Å². The average Bonchev–Trinajstić information content (AvgIpc) is 2.76. The SMILES string of the molecule is Cc1ccc(-c2ccc(-c3cc(F)c(C(F)(F)Oc4cc(F)c(F)c(F)c4)c(P)c3)c(F)c2)cc1. The fraction of sp³-hybridized carbons (Fsp3) is 0.0769. The maximum Gasteiger partial charge on any atom is 0.430 e. The third-order valence-corrected chi connectivity index (χ3v) is 5.74. The predicted molar refractivity (Wildman–Crippen MR) is 122 cm³/mol. The van der Waals surface area contributed by atoms with Gasteiger partial charge in [-0.25, -0.2) is 22.0 Å². The third-order valence-electron chi connectivity index (χ3n) is 5.28. The van der Waals surface area contributed by atoms with E-state index >= 15 is 0 Å². The van der Waals surface area contributed by atoms with Gasteiger partial charge in [-0.2, -0.15) is 8.78 Å². The molecule has 0 aliphatic carbocycles. The van der Waals surface area contributed by atoms with E-state index in [2.05, 4.69) is 4.74 Å². The summed E-state index contributed by atoms with van der Waals surface area (Å²) < 4.78 is 103. The quantitative estimate of drug-likeness (QED) is 0.153. The third kappa shape index (κ3) is 5.03. The van der Waals surface area contributed by atoms with Gasteiger partial charge < -0.3 is 4.74 Å². The van der Waals surface area contributed by atoms with Gasteiger partial charge in [-0.05, 0) is 47.1 Å². The van der Waals surface area contributed by atoms with Gasteiger partial charge in [-0.3, -0.25) is 0 Å². The summed E-state index contributed by atoms with van der Waals surface area (Å²) in [5, 5.41) is -0.380. The van der Waals surface area contributed by atoms with Crippen LogP contribution in [0.1, 0.15) is 11.1 Å². The molecule has 1 nitrogen and oxygen atoms in total. The summed E-state index contributed by atoms with van der Waals surface area (Å²) in [5.74, 6) is -8.54. The molecule has 0 saturated heterocycles. The van der Waals surface area contributed by atoms with Crippen molar-refractivity contribution in [3.05, 3.63) is 107 Å². The van der Waals surface area contributed by atoms with Crippen LogP contribution in [0.4, 0.5) is 30.7 Å². The minimum absolute atomic E-state index is 0.0149. The van der Waals surface area contributed by atoms with E-state index in [-0.39, 0.29) is 28.6 Å². The largest absolute Gasteiger partial charge is 0.430 e. The highest BCUT2D eigenvalue weighted by atomic mass is 31.0. The summed E-state index contributed by atoms with van der Waals surface area (Å²) in [5.41, 5.74) is 1.09. The van der Waals surface area contributed by atoms with E-state index in [1.54, 1.807) is 6.07 Å². The molecule has 0 fully saturated rings. The summed E-state index contributed by atoms with van der Waals surface area (Å²) in [4.78, 5) is 0. The number of ether oxygens (including phenoxy) is 1. The number of rotatable bonds is 5. The summed E-state index contributed by atoms with van der Waals surface area (Å²) in [6, 6.07) is 13.9. The predicted octanol–water partition coefficient (Wildman–Crippen LogP) is 7.65. The Morgan fingerprint density at radius 1 is 0.657 bits per heavy atom. The smallest absolute Gasteiger partial charge is 0.429 e. The topological polar surface area (TPSA) is 9.23 Å². The van der Waals surface area contributed by atoms with Crippen LogP contribution < -0.4 is 10.0 Å².